The van der Waals surface area contributed by atoms with Gasteiger partial charge in [0.05, 0.1) is 10.6 Å². The Labute approximate surface area is 264 Å². The molecule has 0 radical (unpaired) electrons. The molecular weight excluding hydrogens is 603 g/mol. The largest absolute Gasteiger partial charge is 0.508 e. The van der Waals surface area contributed by atoms with Crippen molar-refractivity contribution in [2.75, 3.05) is 37.7 Å². The van der Waals surface area contributed by atoms with E-state index < -0.39 is 23.3 Å². The van der Waals surface area contributed by atoms with Gasteiger partial charge in [-0.25, -0.2) is 13.2 Å². The summed E-state index contributed by atoms with van der Waals surface area (Å²) in [6.07, 6.45) is 3.75. The molecule has 2 N–H and O–H groups in total. The molecule has 4 aliphatic rings. The average molecular weight is 638 g/mol. The molecule has 4 atom stereocenters. The molecule has 0 saturated carbocycles. The lowest BCUT2D eigenvalue weighted by molar-refractivity contribution is 0.107. The Morgan fingerprint density at radius 2 is 1.91 bits per heavy atom. The van der Waals surface area contributed by atoms with Gasteiger partial charge in [0, 0.05) is 49.1 Å². The maximum Gasteiger partial charge on any atom is 0.319 e. The first-order valence-electron chi connectivity index (χ1n) is 15.9. The zero-order valence-corrected chi connectivity index (χ0v) is 25.8. The number of benzene rings is 3. The van der Waals surface area contributed by atoms with Gasteiger partial charge in [0.1, 0.15) is 35.7 Å². The number of aromatic nitrogens is 2. The zero-order chi connectivity index (χ0) is 31.0. The van der Waals surface area contributed by atoms with Gasteiger partial charge in [-0.05, 0) is 84.8 Å². The fraction of sp³-hybridized carbons (Fsp3) is 0.471. The summed E-state index contributed by atoms with van der Waals surface area (Å²) >= 11 is 6.90. The van der Waals surface area contributed by atoms with Gasteiger partial charge in [0.2, 0.25) is 0 Å². The molecule has 7 nitrogen and oxygen atoms in total. The number of fused-ring (bicyclic) bond motifs is 5. The minimum Gasteiger partial charge on any atom is -0.508 e. The van der Waals surface area contributed by atoms with Gasteiger partial charge in [0.25, 0.3) is 0 Å². The summed E-state index contributed by atoms with van der Waals surface area (Å²) in [5, 5.41) is 15.9. The van der Waals surface area contributed by atoms with Crippen molar-refractivity contribution >= 4 is 39.1 Å². The Hall–Kier alpha value is -3.34. The van der Waals surface area contributed by atoms with E-state index in [1.54, 1.807) is 12.1 Å². The molecular formula is C34H35ClF3N5O2. The van der Waals surface area contributed by atoms with Crippen LogP contribution in [0, 0.1) is 11.6 Å². The second-order valence-corrected chi connectivity index (χ2v) is 13.6. The number of hydrogen-bond donors (Lipinski definition) is 2. The van der Waals surface area contributed by atoms with Crippen LogP contribution in [0.1, 0.15) is 44.6 Å². The Balaban J connectivity index is 1.30. The number of alkyl halides is 1. The van der Waals surface area contributed by atoms with Gasteiger partial charge in [-0.3, -0.25) is 4.90 Å². The number of hydrogen-bond acceptors (Lipinski definition) is 7. The summed E-state index contributed by atoms with van der Waals surface area (Å²) in [5.41, 5.74) is 0.329. The molecule has 236 valence electrons. The molecule has 45 heavy (non-hydrogen) atoms. The predicted octanol–water partition coefficient (Wildman–Crippen LogP) is 6.55. The first kappa shape index (κ1) is 29.1. The first-order valence-corrected chi connectivity index (χ1v) is 16.3. The summed E-state index contributed by atoms with van der Waals surface area (Å²) in [6.45, 7) is 4.65. The topological polar surface area (TPSA) is 73.8 Å². The van der Waals surface area contributed by atoms with Crippen LogP contribution in [0.25, 0.3) is 32.8 Å². The number of nitrogens with one attached hydrogen (secondary N) is 1. The summed E-state index contributed by atoms with van der Waals surface area (Å²) < 4.78 is 52.8. The number of phenols is 1. The third-order valence-corrected chi connectivity index (χ3v) is 10.7. The highest BCUT2D eigenvalue weighted by atomic mass is 35.5. The number of phenolic OH excluding ortho intramolecular Hbond substituents is 1. The minimum absolute atomic E-state index is 0.0259. The van der Waals surface area contributed by atoms with Crippen LogP contribution in [0.4, 0.5) is 19.0 Å². The Kier molecular flexibility index (Phi) is 7.03. The maximum absolute atomic E-state index is 17.0. The van der Waals surface area contributed by atoms with E-state index in [0.717, 1.165) is 32.2 Å². The molecule has 0 aliphatic carbocycles. The van der Waals surface area contributed by atoms with Crippen molar-refractivity contribution in [3.63, 3.8) is 0 Å². The second kappa shape index (κ2) is 10.9. The molecule has 4 aliphatic heterocycles. The van der Waals surface area contributed by atoms with Crippen LogP contribution in [0.15, 0.2) is 30.3 Å². The van der Waals surface area contributed by atoms with Crippen LogP contribution in [-0.4, -0.2) is 76.6 Å². The van der Waals surface area contributed by atoms with Crippen molar-refractivity contribution in [2.45, 2.75) is 69.2 Å². The quantitative estimate of drug-likeness (QED) is 0.249. The molecule has 4 aromatic rings. The van der Waals surface area contributed by atoms with E-state index in [4.69, 9.17) is 21.3 Å². The van der Waals surface area contributed by atoms with Gasteiger partial charge in [0.15, 0.2) is 5.82 Å². The van der Waals surface area contributed by atoms with Gasteiger partial charge in [-0.1, -0.05) is 24.6 Å². The van der Waals surface area contributed by atoms with Gasteiger partial charge in [-0.15, -0.1) is 0 Å². The van der Waals surface area contributed by atoms with Gasteiger partial charge < -0.3 is 20.1 Å². The fourth-order valence-corrected chi connectivity index (χ4v) is 8.67. The van der Waals surface area contributed by atoms with Gasteiger partial charge >= 0.3 is 6.01 Å². The molecule has 5 heterocycles. The first-order chi connectivity index (χ1) is 21.7. The van der Waals surface area contributed by atoms with Crippen molar-refractivity contribution in [3.05, 3.63) is 52.6 Å². The van der Waals surface area contributed by atoms with Crippen LogP contribution in [0.2, 0.25) is 5.02 Å². The lowest BCUT2D eigenvalue weighted by atomic mass is 9.92. The highest BCUT2D eigenvalue weighted by Gasteiger charge is 2.49. The predicted molar refractivity (Wildman–Crippen MR) is 169 cm³/mol. The average Bonchev–Trinajstić information content (AvgIpc) is 3.66. The molecule has 0 spiro atoms. The lowest BCUT2D eigenvalue weighted by Gasteiger charge is -2.34. The number of aromatic hydroxyl groups is 1. The fourth-order valence-electron chi connectivity index (χ4n) is 8.37. The van der Waals surface area contributed by atoms with Crippen LogP contribution in [-0.2, 0) is 6.42 Å². The van der Waals surface area contributed by atoms with E-state index in [1.807, 2.05) is 6.92 Å². The molecule has 2 bridgehead atoms. The number of ether oxygens (including phenoxy) is 1. The minimum atomic E-state index is -0.907. The van der Waals surface area contributed by atoms with Crippen molar-refractivity contribution in [1.29, 1.82) is 0 Å². The van der Waals surface area contributed by atoms with Crippen molar-refractivity contribution in [3.8, 4) is 22.9 Å². The smallest absolute Gasteiger partial charge is 0.319 e. The highest BCUT2D eigenvalue weighted by molar-refractivity contribution is 6.35. The number of halogens is 4. The molecule has 4 saturated heterocycles. The Morgan fingerprint density at radius 1 is 1.11 bits per heavy atom. The normalized spacial score (nSPS) is 26.3. The van der Waals surface area contributed by atoms with Crippen molar-refractivity contribution < 1.29 is 23.0 Å². The lowest BCUT2D eigenvalue weighted by Crippen LogP contribution is -2.51. The van der Waals surface area contributed by atoms with Crippen LogP contribution in [0.3, 0.4) is 0 Å². The van der Waals surface area contributed by atoms with Crippen molar-refractivity contribution in [2.24, 2.45) is 0 Å². The molecule has 11 heteroatoms. The van der Waals surface area contributed by atoms with Crippen LogP contribution < -0.4 is 15.0 Å². The second-order valence-electron chi connectivity index (χ2n) is 13.2. The maximum atomic E-state index is 17.0. The Bertz CT molecular complexity index is 1830. The van der Waals surface area contributed by atoms with E-state index >= 15 is 8.78 Å². The SMILES string of the molecule is CCc1c(F)ccc2cc(O)cc(-c3c(Cl)cc4c(N5CC6CCC(C5)N6)nc(OC[C@@]56CCCN5C[C@H](F)C6)nc4c3F)c12. The highest BCUT2D eigenvalue weighted by Crippen LogP contribution is 2.45. The number of piperazine rings is 1. The van der Waals surface area contributed by atoms with Crippen LogP contribution in [0.5, 0.6) is 11.8 Å². The third-order valence-electron chi connectivity index (χ3n) is 10.4. The number of anilines is 1. The molecule has 8 rings (SSSR count). The molecule has 4 fully saturated rings. The zero-order valence-electron chi connectivity index (χ0n) is 25.1. The summed E-state index contributed by atoms with van der Waals surface area (Å²) in [4.78, 5) is 13.7. The molecule has 2 unspecified atom stereocenters. The Morgan fingerprint density at radius 3 is 2.69 bits per heavy atom. The summed E-state index contributed by atoms with van der Waals surface area (Å²) in [6, 6.07) is 8.17. The van der Waals surface area contributed by atoms with Crippen LogP contribution >= 0.6 is 11.6 Å². The number of rotatable bonds is 6. The van der Waals surface area contributed by atoms with E-state index in [2.05, 4.69) is 20.1 Å². The van der Waals surface area contributed by atoms with Gasteiger partial charge in [-0.2, -0.15) is 9.97 Å². The monoisotopic (exact) mass is 637 g/mol. The number of nitrogens with zero attached hydrogens (tertiary/aromatic N) is 4. The molecule has 3 aromatic carbocycles. The summed E-state index contributed by atoms with van der Waals surface area (Å²) in [5.74, 6) is -0.663. The standard InChI is InChI=1S/C34H35ClF3N5O2/c1-2-23-27(37)7-4-18-10-22(44)11-24(28(18)23)29-26(35)12-25-31(30(29)38)40-33(41-32(25)42-15-20-5-6-21(16-42)39-20)45-17-34-8-3-9-43(34)14-19(36)13-34/h4,7,10-12,19-21,39,44H,2-3,5-6,8-9,13-17H2,1H3/t19-,20?,21?,34+/m1/s1. The molecule has 0 amide bonds. The third kappa shape index (κ3) is 4.79. The van der Waals surface area contributed by atoms with E-state index in [1.165, 1.54) is 18.2 Å². The molecule has 1 aromatic heterocycles. The van der Waals surface area contributed by atoms with Crippen molar-refractivity contribution in [1.82, 2.24) is 20.2 Å². The number of aryl methyl sites for hydroxylation is 1. The van der Waals surface area contributed by atoms with E-state index in [0.29, 0.717) is 72.1 Å². The van der Waals surface area contributed by atoms with E-state index in [9.17, 15) is 9.50 Å². The van der Waals surface area contributed by atoms with E-state index in [-0.39, 0.29) is 40.0 Å². The summed E-state index contributed by atoms with van der Waals surface area (Å²) in [7, 11) is 0.